The summed E-state index contributed by atoms with van der Waals surface area (Å²) in [6, 6.07) is 5.85. The minimum Gasteiger partial charge on any atom is -0.327 e. The van der Waals surface area contributed by atoms with Gasteiger partial charge in [0.1, 0.15) is 0 Å². The number of anilines is 1. The van der Waals surface area contributed by atoms with Gasteiger partial charge in [0.2, 0.25) is 5.91 Å². The lowest BCUT2D eigenvalue weighted by Gasteiger charge is -2.16. The van der Waals surface area contributed by atoms with E-state index >= 15 is 0 Å². The summed E-state index contributed by atoms with van der Waals surface area (Å²) in [4.78, 5) is 12.1. The van der Waals surface area contributed by atoms with Gasteiger partial charge in [0.05, 0.1) is 5.92 Å². The summed E-state index contributed by atoms with van der Waals surface area (Å²) in [6.45, 7) is 1.98. The van der Waals surface area contributed by atoms with Gasteiger partial charge in [0, 0.05) is 16.2 Å². The number of carbonyl (C=O) groups excluding carboxylic acids is 1. The molecule has 0 heterocycles. The van der Waals surface area contributed by atoms with Gasteiger partial charge in [-0.05, 0) is 43.5 Å². The number of aryl methyl sites for hydroxylation is 1. The summed E-state index contributed by atoms with van der Waals surface area (Å²) in [5.41, 5.74) is 7.85. The highest BCUT2D eigenvalue weighted by Crippen LogP contribution is 2.26. The average Bonchev–Trinajstić information content (AvgIpc) is 2.68. The minimum absolute atomic E-state index is 0. The molecule has 1 aromatic carbocycles. The molecule has 1 fully saturated rings. The third-order valence-electron chi connectivity index (χ3n) is 3.35. The number of nitrogens with two attached hydrogens (primary N) is 1. The topological polar surface area (TPSA) is 55.1 Å². The highest BCUT2D eigenvalue weighted by Gasteiger charge is 2.30. The molecule has 0 saturated heterocycles. The van der Waals surface area contributed by atoms with Gasteiger partial charge in [0.25, 0.3) is 0 Å². The zero-order valence-electron chi connectivity index (χ0n) is 10.3. The van der Waals surface area contributed by atoms with E-state index in [-0.39, 0.29) is 30.3 Å². The molecule has 0 spiro atoms. The highest BCUT2D eigenvalue weighted by molar-refractivity contribution is 9.10. The zero-order valence-corrected chi connectivity index (χ0v) is 12.7. The molecule has 5 heteroatoms. The van der Waals surface area contributed by atoms with Crippen molar-refractivity contribution < 1.29 is 4.79 Å². The van der Waals surface area contributed by atoms with Crippen LogP contribution in [-0.4, -0.2) is 11.9 Å². The first kappa shape index (κ1) is 15.5. The van der Waals surface area contributed by atoms with E-state index in [1.165, 1.54) is 0 Å². The second kappa shape index (κ2) is 6.55. The van der Waals surface area contributed by atoms with Gasteiger partial charge in [0.15, 0.2) is 0 Å². The summed E-state index contributed by atoms with van der Waals surface area (Å²) in [6.07, 6.45) is 2.92. The first-order valence-electron chi connectivity index (χ1n) is 5.90. The molecule has 1 aliphatic rings. The summed E-state index contributed by atoms with van der Waals surface area (Å²) in [5, 5.41) is 2.97. The predicted molar refractivity (Wildman–Crippen MR) is 80.1 cm³/mol. The lowest BCUT2D eigenvalue weighted by molar-refractivity contribution is -0.120. The number of halogens is 2. The molecule has 0 aromatic heterocycles. The lowest BCUT2D eigenvalue weighted by atomic mass is 10.0. The van der Waals surface area contributed by atoms with Crippen molar-refractivity contribution >= 4 is 39.9 Å². The maximum Gasteiger partial charge on any atom is 0.229 e. The van der Waals surface area contributed by atoms with Crippen LogP contribution in [0.4, 0.5) is 5.69 Å². The van der Waals surface area contributed by atoms with Crippen molar-refractivity contribution in [2.45, 2.75) is 32.2 Å². The maximum absolute atomic E-state index is 12.1. The van der Waals surface area contributed by atoms with Gasteiger partial charge in [-0.2, -0.15) is 0 Å². The van der Waals surface area contributed by atoms with Crippen LogP contribution in [0.5, 0.6) is 0 Å². The molecule has 3 N–H and O–H groups in total. The van der Waals surface area contributed by atoms with Crippen molar-refractivity contribution in [1.82, 2.24) is 0 Å². The van der Waals surface area contributed by atoms with E-state index in [0.717, 1.165) is 35.0 Å². The number of benzene rings is 1. The van der Waals surface area contributed by atoms with Crippen molar-refractivity contribution in [3.05, 3.63) is 28.2 Å². The number of hydrogen-bond donors (Lipinski definition) is 2. The fourth-order valence-corrected chi connectivity index (χ4v) is 2.78. The van der Waals surface area contributed by atoms with Crippen LogP contribution < -0.4 is 11.1 Å². The van der Waals surface area contributed by atoms with E-state index in [1.54, 1.807) is 0 Å². The smallest absolute Gasteiger partial charge is 0.229 e. The number of nitrogens with one attached hydrogen (secondary N) is 1. The Morgan fingerprint density at radius 1 is 1.44 bits per heavy atom. The molecule has 0 radical (unpaired) electrons. The highest BCUT2D eigenvalue weighted by atomic mass is 79.9. The second-order valence-electron chi connectivity index (χ2n) is 4.65. The molecule has 18 heavy (non-hydrogen) atoms. The number of carbonyl (C=O) groups is 1. The largest absolute Gasteiger partial charge is 0.327 e. The van der Waals surface area contributed by atoms with E-state index in [1.807, 2.05) is 25.1 Å². The Morgan fingerprint density at radius 2 is 2.17 bits per heavy atom. The number of rotatable bonds is 2. The van der Waals surface area contributed by atoms with Crippen molar-refractivity contribution in [3.8, 4) is 0 Å². The predicted octanol–water partition coefficient (Wildman–Crippen LogP) is 3.25. The van der Waals surface area contributed by atoms with Crippen LogP contribution in [0.2, 0.25) is 0 Å². The van der Waals surface area contributed by atoms with Crippen molar-refractivity contribution in [2.24, 2.45) is 11.7 Å². The first-order valence-corrected chi connectivity index (χ1v) is 6.70. The Labute approximate surface area is 122 Å². The fourth-order valence-electron chi connectivity index (χ4n) is 2.31. The molecule has 2 rings (SSSR count). The average molecular weight is 334 g/mol. The molecule has 1 aromatic rings. The van der Waals surface area contributed by atoms with Crippen LogP contribution in [0.15, 0.2) is 22.7 Å². The van der Waals surface area contributed by atoms with Crippen molar-refractivity contribution in [2.75, 3.05) is 5.32 Å². The van der Waals surface area contributed by atoms with Crippen LogP contribution >= 0.6 is 28.3 Å². The molecular formula is C13H18BrClN2O. The monoisotopic (exact) mass is 332 g/mol. The van der Waals surface area contributed by atoms with Crippen molar-refractivity contribution in [3.63, 3.8) is 0 Å². The Hall–Kier alpha value is -0.580. The number of amides is 1. The van der Waals surface area contributed by atoms with Gasteiger partial charge in [-0.25, -0.2) is 0 Å². The Bertz CT molecular complexity index is 439. The fraction of sp³-hybridized carbons (Fsp3) is 0.462. The lowest BCUT2D eigenvalue weighted by Crippen LogP contribution is -2.34. The van der Waals surface area contributed by atoms with Gasteiger partial charge >= 0.3 is 0 Å². The summed E-state index contributed by atoms with van der Waals surface area (Å²) in [5.74, 6) is 0.0264. The summed E-state index contributed by atoms with van der Waals surface area (Å²) < 4.78 is 1.02. The quantitative estimate of drug-likeness (QED) is 0.873. The zero-order chi connectivity index (χ0) is 12.4. The van der Waals surface area contributed by atoms with Crippen LogP contribution in [-0.2, 0) is 4.79 Å². The van der Waals surface area contributed by atoms with Gasteiger partial charge in [-0.15, -0.1) is 12.4 Å². The maximum atomic E-state index is 12.1. The van der Waals surface area contributed by atoms with Crippen LogP contribution in [0.25, 0.3) is 0 Å². The van der Waals surface area contributed by atoms with E-state index in [4.69, 9.17) is 5.73 Å². The van der Waals surface area contributed by atoms with E-state index in [9.17, 15) is 4.79 Å². The Morgan fingerprint density at radius 3 is 2.72 bits per heavy atom. The molecule has 3 nitrogen and oxygen atoms in total. The SMILES string of the molecule is Cc1cc(Br)ccc1NC(=O)C1CCCC1N.Cl. The molecule has 0 bridgehead atoms. The molecule has 0 aliphatic heterocycles. The normalized spacial score (nSPS) is 22.4. The molecule has 1 saturated carbocycles. The van der Waals surface area contributed by atoms with Crippen LogP contribution in [0.1, 0.15) is 24.8 Å². The Kier molecular flexibility index (Phi) is 5.63. The second-order valence-corrected chi connectivity index (χ2v) is 5.57. The van der Waals surface area contributed by atoms with E-state index < -0.39 is 0 Å². The van der Waals surface area contributed by atoms with E-state index in [2.05, 4.69) is 21.2 Å². The minimum atomic E-state index is -0.0296. The van der Waals surface area contributed by atoms with Crippen molar-refractivity contribution in [1.29, 1.82) is 0 Å². The van der Waals surface area contributed by atoms with Crippen LogP contribution in [0.3, 0.4) is 0 Å². The molecular weight excluding hydrogens is 316 g/mol. The van der Waals surface area contributed by atoms with Crippen LogP contribution in [0, 0.1) is 12.8 Å². The van der Waals surface area contributed by atoms with Gasteiger partial charge in [-0.3, -0.25) is 4.79 Å². The standard InChI is InChI=1S/C13H17BrN2O.ClH/c1-8-7-9(14)5-6-12(8)16-13(17)10-3-2-4-11(10)15;/h5-7,10-11H,2-4,15H2,1H3,(H,16,17);1H. The van der Waals surface area contributed by atoms with Gasteiger partial charge < -0.3 is 11.1 Å². The van der Waals surface area contributed by atoms with E-state index in [0.29, 0.717) is 0 Å². The summed E-state index contributed by atoms with van der Waals surface area (Å²) in [7, 11) is 0. The molecule has 2 atom stereocenters. The summed E-state index contributed by atoms with van der Waals surface area (Å²) >= 11 is 3.41. The third-order valence-corrected chi connectivity index (χ3v) is 3.85. The molecule has 1 aliphatic carbocycles. The number of hydrogen-bond acceptors (Lipinski definition) is 2. The Balaban J connectivity index is 0.00000162. The third kappa shape index (κ3) is 3.46. The molecule has 2 unspecified atom stereocenters. The first-order chi connectivity index (χ1) is 8.08. The molecule has 100 valence electrons. The van der Waals surface area contributed by atoms with Gasteiger partial charge in [-0.1, -0.05) is 22.4 Å². The molecule has 1 amide bonds.